The number of halogens is 2. The van der Waals surface area contributed by atoms with Crippen molar-refractivity contribution < 1.29 is 28.9 Å². The molecule has 8 atom stereocenters. The van der Waals surface area contributed by atoms with E-state index in [2.05, 4.69) is 32.1 Å². The normalized spacial score (nSPS) is 37.6. The van der Waals surface area contributed by atoms with Crippen molar-refractivity contribution in [3.05, 3.63) is 94.3 Å². The first-order valence-corrected chi connectivity index (χ1v) is 18.0. The standard InChI is InChI=1S/C40H47ClFNO5/c1-4-48-35(46)43(24-26-9-6-5-7-10-26)25-39(47)18-15-34-37(39,3)17-14-33-36(2)16-13-27(44)22-38(36)19-20-40(33,34)29(23-38)32(45)21-28-30(41)11-8-12-31(28)42/h5-12,19-20,23,27,33-34,44,47H,4,13-18,21-22,24-25H2,1-3H3. The first-order valence-electron chi connectivity index (χ1n) is 17.6. The summed E-state index contributed by atoms with van der Waals surface area (Å²) in [6.07, 6.45) is 10.3. The SMILES string of the molecule is CCOC(=O)N(Cc1ccccc1)CC1(O)CCC2C34C=CC5(C=C3C(=O)Cc3c(F)cccc3Cl)CC(O)CCC5(C)C4CCC21C. The van der Waals surface area contributed by atoms with Crippen LogP contribution in [0.15, 0.2) is 72.3 Å². The average molecular weight is 676 g/mol. The largest absolute Gasteiger partial charge is 0.450 e. The van der Waals surface area contributed by atoms with Crippen LogP contribution in [0.2, 0.25) is 5.02 Å². The summed E-state index contributed by atoms with van der Waals surface area (Å²) in [5.41, 5.74) is -1.40. The Kier molecular flexibility index (Phi) is 8.24. The number of carbonyl (C=O) groups excluding carboxylic acids is 2. The smallest absolute Gasteiger partial charge is 0.410 e. The number of hydrogen-bond donors (Lipinski definition) is 2. The molecule has 2 bridgehead atoms. The lowest BCUT2D eigenvalue weighted by Crippen LogP contribution is -2.67. The Balaban J connectivity index is 1.30. The van der Waals surface area contributed by atoms with Crippen LogP contribution < -0.4 is 0 Å². The average Bonchev–Trinajstić information content (AvgIpc) is 3.33. The fraction of sp³-hybridized carbons (Fsp3) is 0.550. The molecular weight excluding hydrogens is 629 g/mol. The van der Waals surface area contributed by atoms with E-state index in [4.69, 9.17) is 16.3 Å². The van der Waals surface area contributed by atoms with Gasteiger partial charge in [-0.1, -0.05) is 80.1 Å². The Labute approximate surface area is 288 Å². The lowest BCUT2D eigenvalue weighted by atomic mass is 9.32. The number of amides is 1. The third-order valence-corrected chi connectivity index (χ3v) is 14.0. The van der Waals surface area contributed by atoms with Crippen molar-refractivity contribution in [3.63, 3.8) is 0 Å². The maximum atomic E-state index is 15.1. The Bertz CT molecular complexity index is 1660. The van der Waals surface area contributed by atoms with Crippen molar-refractivity contribution in [1.82, 2.24) is 4.90 Å². The molecule has 2 N–H and O–H groups in total. The highest BCUT2D eigenvalue weighted by molar-refractivity contribution is 6.31. The van der Waals surface area contributed by atoms with Crippen LogP contribution in [0.1, 0.15) is 76.8 Å². The minimum atomic E-state index is -1.23. The van der Waals surface area contributed by atoms with Gasteiger partial charge in [0.15, 0.2) is 5.78 Å². The molecule has 0 aliphatic heterocycles. The number of rotatable bonds is 8. The summed E-state index contributed by atoms with van der Waals surface area (Å²) >= 11 is 6.45. The number of aliphatic hydroxyl groups is 2. The highest BCUT2D eigenvalue weighted by atomic mass is 35.5. The zero-order valence-corrected chi connectivity index (χ0v) is 28.9. The van der Waals surface area contributed by atoms with Gasteiger partial charge >= 0.3 is 6.09 Å². The van der Waals surface area contributed by atoms with Gasteiger partial charge in [0.2, 0.25) is 0 Å². The highest BCUT2D eigenvalue weighted by Gasteiger charge is 2.74. The van der Waals surface area contributed by atoms with Gasteiger partial charge in [0.1, 0.15) is 5.82 Å². The van der Waals surface area contributed by atoms with Crippen molar-refractivity contribution in [2.45, 2.75) is 90.4 Å². The van der Waals surface area contributed by atoms with Crippen molar-refractivity contribution in [2.75, 3.05) is 13.2 Å². The third-order valence-electron chi connectivity index (χ3n) is 13.6. The highest BCUT2D eigenvalue weighted by Crippen LogP contribution is 2.78. The molecule has 0 radical (unpaired) electrons. The molecule has 3 saturated carbocycles. The number of ether oxygens (including phenoxy) is 1. The predicted octanol–water partition coefficient (Wildman–Crippen LogP) is 7.84. The fourth-order valence-electron chi connectivity index (χ4n) is 11.1. The van der Waals surface area contributed by atoms with Crippen LogP contribution in [-0.2, 0) is 22.5 Å². The van der Waals surface area contributed by atoms with Gasteiger partial charge < -0.3 is 19.8 Å². The summed E-state index contributed by atoms with van der Waals surface area (Å²) in [5.74, 6) is -0.651. The molecule has 3 fully saturated rings. The summed E-state index contributed by atoms with van der Waals surface area (Å²) in [4.78, 5) is 29.6. The molecule has 8 rings (SSSR count). The monoisotopic (exact) mass is 675 g/mol. The number of aliphatic hydroxyl groups excluding tert-OH is 1. The second-order valence-electron chi connectivity index (χ2n) is 15.7. The van der Waals surface area contributed by atoms with E-state index in [1.165, 1.54) is 6.07 Å². The first kappa shape index (κ1) is 33.5. The number of allylic oxidation sites excluding steroid dienone is 4. The van der Waals surface area contributed by atoms with E-state index < -0.39 is 39.9 Å². The molecule has 8 unspecified atom stereocenters. The van der Waals surface area contributed by atoms with Gasteiger partial charge in [-0.15, -0.1) is 0 Å². The van der Waals surface area contributed by atoms with Crippen LogP contribution in [0.25, 0.3) is 0 Å². The van der Waals surface area contributed by atoms with Gasteiger partial charge in [0, 0.05) is 45.4 Å². The molecule has 2 aromatic carbocycles. The molecule has 0 aromatic heterocycles. The van der Waals surface area contributed by atoms with Crippen molar-refractivity contribution in [3.8, 4) is 0 Å². The first-order chi connectivity index (χ1) is 22.8. The summed E-state index contributed by atoms with van der Waals surface area (Å²) in [6.45, 7) is 6.92. The summed E-state index contributed by atoms with van der Waals surface area (Å²) in [6, 6.07) is 14.2. The minimum absolute atomic E-state index is 0.0981. The molecule has 6 nitrogen and oxygen atoms in total. The van der Waals surface area contributed by atoms with Gasteiger partial charge in [0.25, 0.3) is 0 Å². The number of carbonyl (C=O) groups is 2. The molecule has 1 amide bonds. The lowest BCUT2D eigenvalue weighted by molar-refractivity contribution is -0.178. The number of hydrogen-bond acceptors (Lipinski definition) is 5. The summed E-state index contributed by atoms with van der Waals surface area (Å²) < 4.78 is 20.6. The number of Topliss-reactive ketones (excluding diaryl/α,β-unsaturated/α-hetero) is 1. The van der Waals surface area contributed by atoms with Crippen molar-refractivity contribution >= 4 is 23.5 Å². The van der Waals surface area contributed by atoms with Gasteiger partial charge in [-0.05, 0) is 86.8 Å². The molecule has 0 heterocycles. The molecule has 6 aliphatic rings. The maximum Gasteiger partial charge on any atom is 0.410 e. The second-order valence-corrected chi connectivity index (χ2v) is 16.1. The molecule has 48 heavy (non-hydrogen) atoms. The third kappa shape index (κ3) is 4.78. The van der Waals surface area contributed by atoms with Crippen LogP contribution in [0.4, 0.5) is 9.18 Å². The van der Waals surface area contributed by atoms with Gasteiger partial charge in [-0.25, -0.2) is 9.18 Å². The zero-order chi connectivity index (χ0) is 34.1. The van der Waals surface area contributed by atoms with E-state index in [9.17, 15) is 19.8 Å². The zero-order valence-electron chi connectivity index (χ0n) is 28.2. The van der Waals surface area contributed by atoms with Crippen LogP contribution in [-0.4, -0.2) is 51.8 Å². The van der Waals surface area contributed by atoms with E-state index in [0.717, 1.165) is 24.8 Å². The Hall–Kier alpha value is -3.00. The molecule has 0 saturated heterocycles. The summed E-state index contributed by atoms with van der Waals surface area (Å²) in [5, 5.41) is 24.0. The fourth-order valence-corrected chi connectivity index (χ4v) is 11.4. The maximum absolute atomic E-state index is 15.1. The van der Waals surface area contributed by atoms with Gasteiger partial charge in [0.05, 0.1) is 24.9 Å². The minimum Gasteiger partial charge on any atom is -0.450 e. The Morgan fingerprint density at radius 2 is 1.69 bits per heavy atom. The van der Waals surface area contributed by atoms with E-state index in [-0.39, 0.29) is 53.2 Å². The number of ketones is 1. The van der Waals surface area contributed by atoms with Crippen molar-refractivity contribution in [2.24, 2.45) is 33.5 Å². The van der Waals surface area contributed by atoms with Crippen molar-refractivity contribution in [1.29, 1.82) is 0 Å². The predicted molar refractivity (Wildman–Crippen MR) is 183 cm³/mol. The van der Waals surface area contributed by atoms with Crippen LogP contribution >= 0.6 is 11.6 Å². The quantitative estimate of drug-likeness (QED) is 0.279. The Morgan fingerprint density at radius 3 is 2.42 bits per heavy atom. The molecule has 2 aromatic rings. The van der Waals surface area contributed by atoms with E-state index >= 15 is 4.39 Å². The molecule has 2 spiro atoms. The molecule has 256 valence electrons. The van der Waals surface area contributed by atoms with E-state index in [0.29, 0.717) is 37.8 Å². The Morgan fingerprint density at radius 1 is 0.979 bits per heavy atom. The second kappa shape index (κ2) is 11.8. The van der Waals surface area contributed by atoms with Crippen LogP contribution in [0.5, 0.6) is 0 Å². The summed E-state index contributed by atoms with van der Waals surface area (Å²) in [7, 11) is 0. The number of benzene rings is 2. The lowest BCUT2D eigenvalue weighted by Gasteiger charge is -2.71. The van der Waals surface area contributed by atoms with E-state index in [1.807, 2.05) is 30.3 Å². The topological polar surface area (TPSA) is 87.1 Å². The van der Waals surface area contributed by atoms with Crippen LogP contribution in [0.3, 0.4) is 0 Å². The molecular formula is C40H47ClFNO5. The van der Waals surface area contributed by atoms with E-state index in [1.54, 1.807) is 24.0 Å². The molecule has 6 aliphatic carbocycles. The molecule has 8 heteroatoms. The number of fused-ring (bicyclic) bond motifs is 1. The van der Waals surface area contributed by atoms with Crippen LogP contribution in [0, 0.1) is 39.3 Å². The van der Waals surface area contributed by atoms with Gasteiger partial charge in [-0.3, -0.25) is 4.79 Å². The van der Waals surface area contributed by atoms with Gasteiger partial charge in [-0.2, -0.15) is 0 Å². The number of nitrogens with zero attached hydrogens (tertiary/aromatic N) is 1.